The van der Waals surface area contributed by atoms with E-state index in [0.29, 0.717) is 28.0 Å². The maximum atomic E-state index is 12.7. The molecule has 4 rings (SSSR count). The van der Waals surface area contributed by atoms with Crippen LogP contribution in [0.3, 0.4) is 0 Å². The fourth-order valence-electron chi connectivity index (χ4n) is 3.64. The number of fused-ring (bicyclic) bond motifs is 1. The van der Waals surface area contributed by atoms with E-state index < -0.39 is 0 Å². The predicted octanol–water partition coefficient (Wildman–Crippen LogP) is 8.16. The summed E-state index contributed by atoms with van der Waals surface area (Å²) in [5.41, 5.74) is 5.76. The van der Waals surface area contributed by atoms with Crippen LogP contribution in [0.25, 0.3) is 27.7 Å². The number of furan rings is 1. The Morgan fingerprint density at radius 2 is 1.82 bits per heavy atom. The highest BCUT2D eigenvalue weighted by Crippen LogP contribution is 2.40. The molecular weight excluding hydrogens is 457 g/mol. The number of hydrogen-bond acceptors (Lipinski definition) is 3. The first kappa shape index (κ1) is 23.0. The van der Waals surface area contributed by atoms with Gasteiger partial charge in [-0.25, -0.2) is 0 Å². The highest BCUT2D eigenvalue weighted by atomic mass is 35.5. The minimum Gasteiger partial charge on any atom is -0.493 e. The van der Waals surface area contributed by atoms with Crippen molar-refractivity contribution in [2.24, 2.45) is 0 Å². The summed E-state index contributed by atoms with van der Waals surface area (Å²) in [6.45, 7) is 6.28. The summed E-state index contributed by atoms with van der Waals surface area (Å²) in [7, 11) is 0. The first-order chi connectivity index (χ1) is 15.9. The quantitative estimate of drug-likeness (QED) is 0.283. The summed E-state index contributed by atoms with van der Waals surface area (Å²) in [5.74, 6) is 0.428. The number of carbonyl (C=O) groups excluding carboxylic acids is 1. The summed E-state index contributed by atoms with van der Waals surface area (Å²) < 4.78 is 11.7. The molecule has 6 heteroatoms. The van der Waals surface area contributed by atoms with Gasteiger partial charge in [0.05, 0.1) is 17.9 Å². The summed E-state index contributed by atoms with van der Waals surface area (Å²) >= 11 is 12.5. The third-order valence-electron chi connectivity index (χ3n) is 5.29. The van der Waals surface area contributed by atoms with E-state index in [1.54, 1.807) is 24.5 Å². The molecule has 1 amide bonds. The molecule has 4 nitrogen and oxygen atoms in total. The number of anilines is 1. The first-order valence-electron chi connectivity index (χ1n) is 10.6. The van der Waals surface area contributed by atoms with Gasteiger partial charge in [-0.05, 0) is 56.7 Å². The normalized spacial score (nSPS) is 11.6. The fourth-order valence-corrected chi connectivity index (χ4v) is 4.15. The van der Waals surface area contributed by atoms with Gasteiger partial charge in [0.1, 0.15) is 11.3 Å². The molecule has 1 N–H and O–H groups in total. The Morgan fingerprint density at radius 1 is 1.06 bits per heavy atom. The van der Waals surface area contributed by atoms with Crippen molar-refractivity contribution in [3.05, 3.63) is 88.1 Å². The van der Waals surface area contributed by atoms with Crippen LogP contribution in [0.4, 0.5) is 5.69 Å². The van der Waals surface area contributed by atoms with E-state index in [9.17, 15) is 4.79 Å². The smallest absolute Gasteiger partial charge is 0.248 e. The predicted molar refractivity (Wildman–Crippen MR) is 136 cm³/mol. The van der Waals surface area contributed by atoms with Crippen molar-refractivity contribution >= 4 is 51.3 Å². The summed E-state index contributed by atoms with van der Waals surface area (Å²) in [6.07, 6.45) is 3.24. The third kappa shape index (κ3) is 5.08. The summed E-state index contributed by atoms with van der Waals surface area (Å²) in [4.78, 5) is 12.7. The molecule has 0 bridgehead atoms. The molecule has 4 aromatic rings. The lowest BCUT2D eigenvalue weighted by molar-refractivity contribution is -0.111. The molecular formula is C27H23Cl2NO3. The zero-order chi connectivity index (χ0) is 23.5. The number of carbonyl (C=O) groups is 1. The lowest BCUT2D eigenvalue weighted by Crippen LogP contribution is -2.08. The molecule has 0 unspecified atom stereocenters. The number of benzene rings is 3. The van der Waals surface area contributed by atoms with Gasteiger partial charge in [0.15, 0.2) is 0 Å². The van der Waals surface area contributed by atoms with E-state index in [4.69, 9.17) is 32.4 Å². The molecule has 0 fully saturated rings. The van der Waals surface area contributed by atoms with E-state index in [2.05, 4.69) is 5.32 Å². The van der Waals surface area contributed by atoms with E-state index in [-0.39, 0.29) is 5.91 Å². The van der Waals surface area contributed by atoms with Gasteiger partial charge >= 0.3 is 0 Å². The molecule has 0 aliphatic rings. The molecule has 1 heterocycles. The summed E-state index contributed by atoms with van der Waals surface area (Å²) in [6, 6.07) is 16.8. The highest BCUT2D eigenvalue weighted by molar-refractivity contribution is 6.36. The Bertz CT molecular complexity index is 1350. The first-order valence-corrected chi connectivity index (χ1v) is 11.3. The Morgan fingerprint density at radius 3 is 2.52 bits per heavy atom. The molecule has 0 aliphatic heterocycles. The van der Waals surface area contributed by atoms with Gasteiger partial charge < -0.3 is 14.5 Å². The number of ether oxygens (including phenoxy) is 1. The SMILES string of the molecule is CCOc1cc2occ(-c3ccc(Cl)cc3Cl)c2cc1/C(C)=C/C(=O)Nc1ccc(C)cc1. The molecule has 0 radical (unpaired) electrons. The molecule has 3 aromatic carbocycles. The standard InChI is InChI=1S/C27H23Cl2NO3/c1-4-32-25-14-26-22(23(15-33-26)20-10-7-18(28)12-24(20)29)13-21(25)17(3)11-27(31)30-19-8-5-16(2)6-9-19/h5-15H,4H2,1-3H3,(H,30,31)/b17-11+. The number of aryl methyl sites for hydroxylation is 1. The molecule has 0 saturated carbocycles. The van der Waals surface area contributed by atoms with Crippen LogP contribution in [0.1, 0.15) is 25.0 Å². The highest BCUT2D eigenvalue weighted by Gasteiger charge is 2.17. The zero-order valence-electron chi connectivity index (χ0n) is 18.5. The molecule has 0 saturated heterocycles. The Kier molecular flexibility index (Phi) is 6.77. The van der Waals surface area contributed by atoms with Crippen molar-refractivity contribution in [3.63, 3.8) is 0 Å². The molecule has 0 spiro atoms. The maximum absolute atomic E-state index is 12.7. The average molecular weight is 480 g/mol. The number of hydrogen-bond donors (Lipinski definition) is 1. The molecule has 0 atom stereocenters. The minimum atomic E-state index is -0.216. The molecule has 33 heavy (non-hydrogen) atoms. The molecule has 0 aliphatic carbocycles. The van der Waals surface area contributed by atoms with Gasteiger partial charge in [-0.2, -0.15) is 0 Å². The Labute approximate surface area is 202 Å². The number of allylic oxidation sites excluding steroid dienone is 1. The second-order valence-corrected chi connectivity index (χ2v) is 8.58. The van der Waals surface area contributed by atoms with Crippen LogP contribution in [0.15, 0.2) is 71.4 Å². The number of nitrogens with one attached hydrogen (secondary N) is 1. The van der Waals surface area contributed by atoms with Gasteiger partial charge in [-0.15, -0.1) is 0 Å². The van der Waals surface area contributed by atoms with Crippen molar-refractivity contribution in [2.75, 3.05) is 11.9 Å². The van der Waals surface area contributed by atoms with Gasteiger partial charge in [0.2, 0.25) is 5.91 Å². The largest absolute Gasteiger partial charge is 0.493 e. The number of rotatable bonds is 6. The number of halogens is 2. The summed E-state index contributed by atoms with van der Waals surface area (Å²) in [5, 5.41) is 4.86. The van der Waals surface area contributed by atoms with Gasteiger partial charge in [0, 0.05) is 44.9 Å². The van der Waals surface area contributed by atoms with Crippen LogP contribution in [-0.2, 0) is 4.79 Å². The lowest BCUT2D eigenvalue weighted by Gasteiger charge is -2.12. The van der Waals surface area contributed by atoms with Crippen LogP contribution >= 0.6 is 23.2 Å². The van der Waals surface area contributed by atoms with Crippen molar-refractivity contribution in [3.8, 4) is 16.9 Å². The Balaban J connectivity index is 1.74. The van der Waals surface area contributed by atoms with Gasteiger partial charge in [0.25, 0.3) is 0 Å². The van der Waals surface area contributed by atoms with Crippen molar-refractivity contribution in [1.29, 1.82) is 0 Å². The second kappa shape index (κ2) is 9.74. The van der Waals surface area contributed by atoms with E-state index in [1.165, 1.54) is 0 Å². The van der Waals surface area contributed by atoms with Crippen LogP contribution in [0.2, 0.25) is 10.0 Å². The monoisotopic (exact) mass is 479 g/mol. The van der Waals surface area contributed by atoms with Crippen molar-refractivity contribution < 1.29 is 13.9 Å². The van der Waals surface area contributed by atoms with Crippen LogP contribution in [0.5, 0.6) is 5.75 Å². The van der Waals surface area contributed by atoms with Crippen LogP contribution in [-0.4, -0.2) is 12.5 Å². The Hall–Kier alpha value is -3.21. The van der Waals surface area contributed by atoms with Crippen LogP contribution < -0.4 is 10.1 Å². The molecule has 168 valence electrons. The minimum absolute atomic E-state index is 0.216. The van der Waals surface area contributed by atoms with E-state index in [1.807, 2.05) is 63.2 Å². The molecule has 1 aromatic heterocycles. The van der Waals surface area contributed by atoms with Crippen LogP contribution in [0, 0.1) is 6.92 Å². The third-order valence-corrected chi connectivity index (χ3v) is 5.84. The lowest BCUT2D eigenvalue weighted by atomic mass is 9.99. The average Bonchev–Trinajstić information content (AvgIpc) is 3.17. The van der Waals surface area contributed by atoms with Crippen molar-refractivity contribution in [1.82, 2.24) is 0 Å². The van der Waals surface area contributed by atoms with Crippen molar-refractivity contribution in [2.45, 2.75) is 20.8 Å². The second-order valence-electron chi connectivity index (χ2n) is 7.73. The van der Waals surface area contributed by atoms with E-state index >= 15 is 0 Å². The van der Waals surface area contributed by atoms with Gasteiger partial charge in [-0.1, -0.05) is 47.0 Å². The van der Waals surface area contributed by atoms with E-state index in [0.717, 1.165) is 38.9 Å². The zero-order valence-corrected chi connectivity index (χ0v) is 20.1. The fraction of sp³-hybridized carbons (Fsp3) is 0.148. The number of amides is 1. The van der Waals surface area contributed by atoms with Gasteiger partial charge in [-0.3, -0.25) is 4.79 Å². The topological polar surface area (TPSA) is 51.5 Å². The maximum Gasteiger partial charge on any atom is 0.248 e.